The first kappa shape index (κ1) is 32.1. The van der Waals surface area contributed by atoms with Crippen LogP contribution in [0.3, 0.4) is 0 Å². The van der Waals surface area contributed by atoms with E-state index in [9.17, 15) is 9.59 Å². The molecule has 10 nitrogen and oxygen atoms in total. The Morgan fingerprint density at radius 1 is 0.978 bits per heavy atom. The molecule has 1 atom stereocenters. The van der Waals surface area contributed by atoms with Crippen LogP contribution in [0, 0.1) is 0 Å². The monoisotopic (exact) mass is 617 g/mol. The van der Waals surface area contributed by atoms with Crippen LogP contribution in [0.25, 0.3) is 0 Å². The van der Waals surface area contributed by atoms with Crippen molar-refractivity contribution < 1.29 is 33.3 Å². The lowest BCUT2D eigenvalue weighted by Gasteiger charge is -2.36. The summed E-state index contributed by atoms with van der Waals surface area (Å²) in [6.07, 6.45) is 3.13. The van der Waals surface area contributed by atoms with Crippen molar-refractivity contribution >= 4 is 23.3 Å². The fraction of sp³-hybridized carbons (Fsp3) is 0.429. The van der Waals surface area contributed by atoms with Gasteiger partial charge in [-0.1, -0.05) is 24.3 Å². The van der Waals surface area contributed by atoms with E-state index in [1.54, 1.807) is 7.11 Å². The number of esters is 1. The highest BCUT2D eigenvalue weighted by atomic mass is 16.5. The van der Waals surface area contributed by atoms with Crippen LogP contribution in [0.4, 0.5) is 11.4 Å². The van der Waals surface area contributed by atoms with Crippen LogP contribution in [0.1, 0.15) is 30.4 Å². The molecule has 0 radical (unpaired) electrons. The van der Waals surface area contributed by atoms with E-state index < -0.39 is 0 Å². The lowest BCUT2D eigenvalue weighted by molar-refractivity contribution is -0.140. The highest BCUT2D eigenvalue weighted by Crippen LogP contribution is 2.32. The molecule has 10 heteroatoms. The molecule has 2 heterocycles. The maximum absolute atomic E-state index is 13.0. The maximum Gasteiger partial charge on any atom is 0.307 e. The summed E-state index contributed by atoms with van der Waals surface area (Å²) in [5, 5.41) is 3.22. The number of carbonyl (C=O) groups excluding carboxylic acids is 2. The Morgan fingerprint density at radius 2 is 1.80 bits per heavy atom. The Morgan fingerprint density at radius 3 is 2.62 bits per heavy atom. The fourth-order valence-corrected chi connectivity index (χ4v) is 5.75. The number of nitrogens with zero attached hydrogens (tertiary/aromatic N) is 2. The van der Waals surface area contributed by atoms with Gasteiger partial charge in [-0.05, 0) is 54.8 Å². The second-order valence-electron chi connectivity index (χ2n) is 11.1. The molecule has 1 fully saturated rings. The van der Waals surface area contributed by atoms with E-state index in [0.29, 0.717) is 45.9 Å². The Hall–Kier alpha value is -4.28. The standard InChI is InChI=1S/C35H43N3O7/c1-41-33-9-4-3-7-27(33)24-43-19-6-20-44-30-14-11-28(12-15-30)38-29(22-36-23-34(38)39)25-45-31-13-10-26-8-5-17-37(32(26)21-31)18-16-35(40)42-2/h3-4,7,9-15,21,29,36H,5-6,8,16-20,22-25H2,1-2H3/t29-/m1/s1. The van der Waals surface area contributed by atoms with Gasteiger partial charge in [0.2, 0.25) is 5.91 Å². The summed E-state index contributed by atoms with van der Waals surface area (Å²) in [6.45, 7) is 4.32. The third kappa shape index (κ3) is 8.67. The van der Waals surface area contributed by atoms with Crippen molar-refractivity contribution in [3.8, 4) is 17.2 Å². The molecule has 45 heavy (non-hydrogen) atoms. The highest BCUT2D eigenvalue weighted by Gasteiger charge is 2.30. The van der Waals surface area contributed by atoms with E-state index in [0.717, 1.165) is 60.0 Å². The quantitative estimate of drug-likeness (QED) is 0.197. The van der Waals surface area contributed by atoms with Crippen LogP contribution in [0.15, 0.2) is 66.7 Å². The average Bonchev–Trinajstić information content (AvgIpc) is 3.08. The molecular formula is C35H43N3O7. The lowest BCUT2D eigenvalue weighted by atomic mass is 10.0. The van der Waals surface area contributed by atoms with E-state index in [2.05, 4.69) is 16.3 Å². The second kappa shape index (κ2) is 16.2. The van der Waals surface area contributed by atoms with E-state index in [4.69, 9.17) is 23.7 Å². The molecule has 0 spiro atoms. The highest BCUT2D eigenvalue weighted by molar-refractivity contribution is 5.96. The normalized spacial score (nSPS) is 16.2. The third-order valence-electron chi connectivity index (χ3n) is 8.08. The fourth-order valence-electron chi connectivity index (χ4n) is 5.75. The number of ether oxygens (including phenoxy) is 5. The SMILES string of the molecule is COC(=O)CCN1CCCc2ccc(OC[C@H]3CNCC(=O)N3c3ccc(OCCCOCc4ccccc4OC)cc3)cc21. The molecule has 0 bridgehead atoms. The Bertz CT molecular complexity index is 1410. The largest absolute Gasteiger partial charge is 0.496 e. The number of para-hydroxylation sites is 1. The number of nitrogens with one attached hydrogen (secondary N) is 1. The number of fused-ring (bicyclic) bond motifs is 1. The summed E-state index contributed by atoms with van der Waals surface area (Å²) in [4.78, 5) is 28.8. The van der Waals surface area contributed by atoms with E-state index in [1.165, 1.54) is 12.7 Å². The zero-order valence-electron chi connectivity index (χ0n) is 26.2. The number of carbonyl (C=O) groups is 2. The van der Waals surface area contributed by atoms with Gasteiger partial charge in [0.05, 0.1) is 53.0 Å². The van der Waals surface area contributed by atoms with Crippen LogP contribution >= 0.6 is 0 Å². The minimum absolute atomic E-state index is 0.00450. The first-order valence-electron chi connectivity index (χ1n) is 15.6. The molecule has 0 saturated carbocycles. The maximum atomic E-state index is 13.0. The number of hydrogen-bond acceptors (Lipinski definition) is 9. The van der Waals surface area contributed by atoms with Gasteiger partial charge in [-0.3, -0.25) is 9.59 Å². The number of amides is 1. The van der Waals surface area contributed by atoms with Gasteiger partial charge in [0.15, 0.2) is 0 Å². The van der Waals surface area contributed by atoms with E-state index in [1.807, 2.05) is 65.6 Å². The van der Waals surface area contributed by atoms with Crippen molar-refractivity contribution in [2.75, 3.05) is 70.0 Å². The number of hydrogen-bond donors (Lipinski definition) is 1. The summed E-state index contributed by atoms with van der Waals surface area (Å²) in [6, 6.07) is 21.4. The molecule has 2 aliphatic heterocycles. The number of rotatable bonds is 15. The molecule has 0 aromatic heterocycles. The van der Waals surface area contributed by atoms with Crippen molar-refractivity contribution in [1.29, 1.82) is 0 Å². The molecule has 3 aromatic rings. The number of aryl methyl sites for hydroxylation is 1. The third-order valence-corrected chi connectivity index (χ3v) is 8.08. The van der Waals surface area contributed by atoms with Crippen molar-refractivity contribution in [3.05, 3.63) is 77.9 Å². The first-order valence-corrected chi connectivity index (χ1v) is 15.6. The second-order valence-corrected chi connectivity index (χ2v) is 11.1. The number of piperazine rings is 1. The van der Waals surface area contributed by atoms with Crippen LogP contribution in [0.5, 0.6) is 17.2 Å². The Balaban J connectivity index is 1.12. The van der Waals surface area contributed by atoms with Gasteiger partial charge in [-0.2, -0.15) is 0 Å². The predicted octanol–water partition coefficient (Wildman–Crippen LogP) is 4.38. The van der Waals surface area contributed by atoms with Crippen molar-refractivity contribution in [2.24, 2.45) is 0 Å². The topological polar surface area (TPSA) is 98.8 Å². The van der Waals surface area contributed by atoms with Gasteiger partial charge in [-0.15, -0.1) is 0 Å². The zero-order chi connectivity index (χ0) is 31.4. The molecular weight excluding hydrogens is 574 g/mol. The van der Waals surface area contributed by atoms with Gasteiger partial charge in [0, 0.05) is 49.1 Å². The van der Waals surface area contributed by atoms with Gasteiger partial charge < -0.3 is 38.8 Å². The molecule has 3 aromatic carbocycles. The van der Waals surface area contributed by atoms with Crippen molar-refractivity contribution in [1.82, 2.24) is 5.32 Å². The molecule has 1 amide bonds. The molecule has 2 aliphatic rings. The summed E-state index contributed by atoms with van der Waals surface area (Å²) >= 11 is 0. The molecule has 1 N–H and O–H groups in total. The number of benzene rings is 3. The lowest BCUT2D eigenvalue weighted by Crippen LogP contribution is -2.57. The predicted molar refractivity (Wildman–Crippen MR) is 172 cm³/mol. The summed E-state index contributed by atoms with van der Waals surface area (Å²) in [7, 11) is 3.07. The molecule has 0 unspecified atom stereocenters. The summed E-state index contributed by atoms with van der Waals surface area (Å²) in [5.41, 5.74) is 4.17. The molecule has 5 rings (SSSR count). The van der Waals surface area contributed by atoms with Crippen LogP contribution in [0.2, 0.25) is 0 Å². The average molecular weight is 618 g/mol. The molecule has 240 valence electrons. The summed E-state index contributed by atoms with van der Waals surface area (Å²) < 4.78 is 28.2. The van der Waals surface area contributed by atoms with Crippen molar-refractivity contribution in [2.45, 2.75) is 38.3 Å². The van der Waals surface area contributed by atoms with Crippen LogP contribution in [-0.4, -0.2) is 78.1 Å². The van der Waals surface area contributed by atoms with Gasteiger partial charge >= 0.3 is 5.97 Å². The minimum atomic E-state index is -0.213. The first-order chi connectivity index (χ1) is 22.1. The van der Waals surface area contributed by atoms with E-state index >= 15 is 0 Å². The molecule has 1 saturated heterocycles. The van der Waals surface area contributed by atoms with Gasteiger partial charge in [-0.25, -0.2) is 0 Å². The Labute approximate surface area is 265 Å². The number of anilines is 2. The minimum Gasteiger partial charge on any atom is -0.496 e. The van der Waals surface area contributed by atoms with E-state index in [-0.39, 0.29) is 24.5 Å². The number of methoxy groups -OCH3 is 2. The van der Waals surface area contributed by atoms with Crippen LogP contribution < -0.4 is 29.3 Å². The van der Waals surface area contributed by atoms with Gasteiger partial charge in [0.1, 0.15) is 23.9 Å². The summed E-state index contributed by atoms with van der Waals surface area (Å²) in [5.74, 6) is 2.09. The van der Waals surface area contributed by atoms with Crippen LogP contribution in [-0.2, 0) is 32.1 Å². The molecule has 0 aliphatic carbocycles. The van der Waals surface area contributed by atoms with Gasteiger partial charge in [0.25, 0.3) is 0 Å². The zero-order valence-corrected chi connectivity index (χ0v) is 26.2. The Kier molecular flexibility index (Phi) is 11.5. The van der Waals surface area contributed by atoms with Crippen molar-refractivity contribution in [3.63, 3.8) is 0 Å². The smallest absolute Gasteiger partial charge is 0.307 e.